The quantitative estimate of drug-likeness (QED) is 0.555. The number of nitrogens with zero attached hydrogens (tertiary/aromatic N) is 2. The molecular formula is C12H22N2OS+2. The van der Waals surface area contributed by atoms with Crippen molar-refractivity contribution < 1.29 is 13.8 Å². The lowest BCUT2D eigenvalue weighted by Gasteiger charge is -2.39. The zero-order valence-corrected chi connectivity index (χ0v) is 11.7. The van der Waals surface area contributed by atoms with Crippen LogP contribution in [-0.4, -0.2) is 47.7 Å². The van der Waals surface area contributed by atoms with Gasteiger partial charge in [0.15, 0.2) is 0 Å². The summed E-state index contributed by atoms with van der Waals surface area (Å²) in [6.07, 6.45) is 4.60. The first-order chi connectivity index (χ1) is 7.24. The SMILES string of the molecule is CCC(C)C[N+]1(C)C(=O)C=C[N+](C)(C)C1=S. The Morgan fingerprint density at radius 2 is 1.94 bits per heavy atom. The number of quaternary nitrogens is 2. The summed E-state index contributed by atoms with van der Waals surface area (Å²) in [7, 11) is 5.96. The van der Waals surface area contributed by atoms with Gasteiger partial charge in [0.25, 0.3) is 0 Å². The fourth-order valence-corrected chi connectivity index (χ4v) is 2.29. The molecule has 0 spiro atoms. The molecule has 0 aromatic heterocycles. The third kappa shape index (κ3) is 2.24. The summed E-state index contributed by atoms with van der Waals surface area (Å²) in [5, 5.41) is 0.771. The number of carbonyl (C=O) groups is 1. The van der Waals surface area contributed by atoms with E-state index in [4.69, 9.17) is 12.2 Å². The Kier molecular flexibility index (Phi) is 3.67. The van der Waals surface area contributed by atoms with Gasteiger partial charge in [0.05, 0.1) is 46.0 Å². The molecule has 0 radical (unpaired) electrons. The van der Waals surface area contributed by atoms with Crippen molar-refractivity contribution in [1.29, 1.82) is 0 Å². The molecule has 0 aliphatic carbocycles. The van der Waals surface area contributed by atoms with E-state index in [9.17, 15) is 4.79 Å². The maximum atomic E-state index is 12.1. The highest BCUT2D eigenvalue weighted by Crippen LogP contribution is 2.23. The number of hydrogen-bond donors (Lipinski definition) is 0. The van der Waals surface area contributed by atoms with E-state index in [0.717, 1.165) is 18.1 Å². The summed E-state index contributed by atoms with van der Waals surface area (Å²) in [6, 6.07) is 0. The normalized spacial score (nSPS) is 30.6. The van der Waals surface area contributed by atoms with E-state index in [1.54, 1.807) is 6.08 Å². The molecule has 0 N–H and O–H groups in total. The monoisotopic (exact) mass is 242 g/mol. The number of thiocarbonyl (C=S) groups is 1. The summed E-state index contributed by atoms with van der Waals surface area (Å²) in [4.78, 5) is 12.1. The number of rotatable bonds is 3. The van der Waals surface area contributed by atoms with Crippen molar-refractivity contribution in [2.45, 2.75) is 20.3 Å². The first-order valence-electron chi connectivity index (χ1n) is 5.72. The zero-order valence-electron chi connectivity index (χ0n) is 10.9. The summed E-state index contributed by atoms with van der Waals surface area (Å²) in [6.45, 7) is 5.10. The minimum atomic E-state index is 0.0998. The second kappa shape index (κ2) is 4.35. The van der Waals surface area contributed by atoms with Crippen LogP contribution in [0.3, 0.4) is 0 Å². The molecule has 90 valence electrons. The Labute approximate surface area is 104 Å². The van der Waals surface area contributed by atoms with Gasteiger partial charge in [-0.1, -0.05) is 13.8 Å². The standard InChI is InChI=1S/C12H22N2OS/c1-6-10(2)9-14(5)11(15)7-8-13(3,4)12(14)16/h7-8,10H,6,9H2,1-5H3/q+2. The Hall–Kier alpha value is -0.580. The molecule has 0 saturated heterocycles. The van der Waals surface area contributed by atoms with Gasteiger partial charge in [-0.2, -0.15) is 4.48 Å². The molecule has 0 aromatic rings. The van der Waals surface area contributed by atoms with Crippen LogP contribution in [0.25, 0.3) is 0 Å². The van der Waals surface area contributed by atoms with Crippen molar-refractivity contribution in [2.24, 2.45) is 5.92 Å². The molecule has 1 aliphatic rings. The van der Waals surface area contributed by atoms with Gasteiger partial charge in [0, 0.05) is 5.92 Å². The van der Waals surface area contributed by atoms with Gasteiger partial charge in [0.1, 0.15) is 6.20 Å². The molecule has 1 rings (SSSR count). The van der Waals surface area contributed by atoms with Crippen LogP contribution in [0.15, 0.2) is 12.3 Å². The smallest absolute Gasteiger partial charge is 0.225 e. The molecule has 3 nitrogen and oxygen atoms in total. The van der Waals surface area contributed by atoms with E-state index in [0.29, 0.717) is 10.4 Å². The minimum Gasteiger partial charge on any atom is -0.225 e. The van der Waals surface area contributed by atoms with Crippen molar-refractivity contribution in [3.8, 4) is 0 Å². The second-order valence-corrected chi connectivity index (χ2v) is 5.73. The molecule has 0 fully saturated rings. The lowest BCUT2D eigenvalue weighted by atomic mass is 10.1. The summed E-state index contributed by atoms with van der Waals surface area (Å²) < 4.78 is 0.766. The molecule has 1 heterocycles. The molecule has 4 heteroatoms. The largest absolute Gasteiger partial charge is 0.376 e. The highest BCUT2D eigenvalue weighted by atomic mass is 32.1. The topological polar surface area (TPSA) is 17.1 Å². The summed E-state index contributed by atoms with van der Waals surface area (Å²) in [5.74, 6) is 0.598. The van der Waals surface area contributed by atoms with Crippen LogP contribution in [0.2, 0.25) is 0 Å². The Balaban J connectivity index is 3.06. The average molecular weight is 242 g/mol. The van der Waals surface area contributed by atoms with E-state index in [1.807, 2.05) is 27.3 Å². The first-order valence-corrected chi connectivity index (χ1v) is 6.13. The van der Waals surface area contributed by atoms with E-state index in [-0.39, 0.29) is 10.4 Å². The van der Waals surface area contributed by atoms with Gasteiger partial charge in [-0.3, -0.25) is 0 Å². The van der Waals surface area contributed by atoms with Crippen LogP contribution < -0.4 is 0 Å². The van der Waals surface area contributed by atoms with E-state index < -0.39 is 0 Å². The molecular weight excluding hydrogens is 220 g/mol. The van der Waals surface area contributed by atoms with Gasteiger partial charge in [-0.15, -0.1) is 0 Å². The van der Waals surface area contributed by atoms with Crippen LogP contribution >= 0.6 is 12.2 Å². The average Bonchev–Trinajstić information content (AvgIpc) is 2.22. The number of carbonyl (C=O) groups excluding carboxylic acids is 1. The first kappa shape index (κ1) is 13.5. The molecule has 0 bridgehead atoms. The fraction of sp³-hybridized carbons (Fsp3) is 0.667. The van der Waals surface area contributed by atoms with Crippen molar-refractivity contribution >= 4 is 23.2 Å². The predicted molar refractivity (Wildman–Crippen MR) is 69.4 cm³/mol. The summed E-state index contributed by atoms with van der Waals surface area (Å²) >= 11 is 5.49. The molecule has 2 atom stereocenters. The molecule has 1 aliphatic heterocycles. The molecule has 1 amide bonds. The van der Waals surface area contributed by atoms with Crippen molar-refractivity contribution in [3.05, 3.63) is 12.3 Å². The van der Waals surface area contributed by atoms with Crippen molar-refractivity contribution in [1.82, 2.24) is 0 Å². The summed E-state index contributed by atoms with van der Waals surface area (Å²) in [5.41, 5.74) is 0. The zero-order chi connectivity index (χ0) is 12.6. The molecule has 0 saturated carbocycles. The lowest BCUT2D eigenvalue weighted by Crippen LogP contribution is -2.65. The Bertz CT molecular complexity index is 349. The highest BCUT2D eigenvalue weighted by molar-refractivity contribution is 7.79. The van der Waals surface area contributed by atoms with Crippen LogP contribution in [0, 0.1) is 5.92 Å². The highest BCUT2D eigenvalue weighted by Gasteiger charge is 2.48. The maximum Gasteiger partial charge on any atom is 0.376 e. The number of hydrogen-bond acceptors (Lipinski definition) is 2. The van der Waals surface area contributed by atoms with E-state index in [2.05, 4.69) is 13.8 Å². The number of amides is 1. The maximum absolute atomic E-state index is 12.1. The fourth-order valence-electron chi connectivity index (χ4n) is 2.06. The second-order valence-electron chi connectivity index (χ2n) is 5.36. The van der Waals surface area contributed by atoms with E-state index in [1.165, 1.54) is 0 Å². The third-order valence-electron chi connectivity index (χ3n) is 3.37. The van der Waals surface area contributed by atoms with E-state index >= 15 is 0 Å². The van der Waals surface area contributed by atoms with Crippen molar-refractivity contribution in [3.63, 3.8) is 0 Å². The minimum absolute atomic E-state index is 0.0998. The van der Waals surface area contributed by atoms with Crippen LogP contribution in [-0.2, 0) is 4.79 Å². The Morgan fingerprint density at radius 3 is 2.44 bits per heavy atom. The van der Waals surface area contributed by atoms with Crippen LogP contribution in [0.5, 0.6) is 0 Å². The van der Waals surface area contributed by atoms with Crippen LogP contribution in [0.1, 0.15) is 20.3 Å². The molecule has 16 heavy (non-hydrogen) atoms. The molecule has 2 unspecified atom stereocenters. The van der Waals surface area contributed by atoms with Gasteiger partial charge in [0.2, 0.25) is 0 Å². The lowest BCUT2D eigenvalue weighted by molar-refractivity contribution is -0.873. The Morgan fingerprint density at radius 1 is 1.38 bits per heavy atom. The number of likely N-dealkylation sites (N-methyl/N-ethyl adjacent to an activating group) is 1. The predicted octanol–water partition coefficient (Wildman–Crippen LogP) is 1.89. The van der Waals surface area contributed by atoms with Gasteiger partial charge in [-0.05, 0) is 6.42 Å². The molecule has 0 aromatic carbocycles. The van der Waals surface area contributed by atoms with Gasteiger partial charge in [-0.25, -0.2) is 9.28 Å². The van der Waals surface area contributed by atoms with Crippen molar-refractivity contribution in [2.75, 3.05) is 27.7 Å². The third-order valence-corrected chi connectivity index (χ3v) is 4.24. The van der Waals surface area contributed by atoms with Gasteiger partial charge < -0.3 is 0 Å². The van der Waals surface area contributed by atoms with Crippen LogP contribution in [0.4, 0.5) is 0 Å². The van der Waals surface area contributed by atoms with Gasteiger partial charge >= 0.3 is 11.0 Å².